The molecule has 1 amide bonds. The number of fused-ring (bicyclic) bond motifs is 1. The maximum Gasteiger partial charge on any atom is 0.433 e. The maximum absolute atomic E-state index is 14.0. The van der Waals surface area contributed by atoms with Crippen molar-refractivity contribution in [1.29, 1.82) is 0 Å². The van der Waals surface area contributed by atoms with Crippen LogP contribution in [0, 0.1) is 5.82 Å². The maximum atomic E-state index is 14.0. The molecule has 0 saturated carbocycles. The molecule has 0 aliphatic carbocycles. The van der Waals surface area contributed by atoms with E-state index in [-0.39, 0.29) is 33.6 Å². The standard InChI is InChI=1S/C29H16ClF4N5O3S/c30-25-26(38-39-24(29(32,33)34)14-22(37-27(25)39)23-4-2-10-43-23)28(40)36-17-11-20(41-18-7-5-16(31)6-8-18)13-21(12-17)42-19-3-1-9-35-15-19/h1-15H,(H,36,40). The van der Waals surface area contributed by atoms with Gasteiger partial charge in [-0.3, -0.25) is 9.78 Å². The summed E-state index contributed by atoms with van der Waals surface area (Å²) in [6.45, 7) is 0. The molecular weight excluding hydrogens is 610 g/mol. The fourth-order valence-electron chi connectivity index (χ4n) is 4.02. The van der Waals surface area contributed by atoms with E-state index in [1.165, 1.54) is 60.0 Å². The molecule has 0 spiro atoms. The second kappa shape index (κ2) is 11.3. The summed E-state index contributed by atoms with van der Waals surface area (Å²) in [5.74, 6) is -0.254. The van der Waals surface area contributed by atoms with Crippen LogP contribution >= 0.6 is 22.9 Å². The van der Waals surface area contributed by atoms with Crippen LogP contribution in [0.25, 0.3) is 16.2 Å². The minimum Gasteiger partial charge on any atom is -0.457 e. The van der Waals surface area contributed by atoms with Crippen LogP contribution in [-0.2, 0) is 6.18 Å². The van der Waals surface area contributed by atoms with E-state index in [0.717, 1.165) is 6.07 Å². The number of pyridine rings is 1. The fourth-order valence-corrected chi connectivity index (χ4v) is 4.96. The lowest BCUT2D eigenvalue weighted by atomic mass is 10.2. The summed E-state index contributed by atoms with van der Waals surface area (Å²) in [6.07, 6.45) is -1.79. The number of ether oxygens (including phenoxy) is 2. The Hall–Kier alpha value is -5.01. The molecule has 0 atom stereocenters. The van der Waals surface area contributed by atoms with Gasteiger partial charge < -0.3 is 14.8 Å². The van der Waals surface area contributed by atoms with Crippen molar-refractivity contribution in [2.45, 2.75) is 6.18 Å². The molecule has 14 heteroatoms. The molecule has 0 fully saturated rings. The Kier molecular flexibility index (Phi) is 7.42. The minimum absolute atomic E-state index is 0.0337. The van der Waals surface area contributed by atoms with Crippen molar-refractivity contribution >= 4 is 40.2 Å². The molecule has 43 heavy (non-hydrogen) atoms. The highest BCUT2D eigenvalue weighted by atomic mass is 35.5. The van der Waals surface area contributed by atoms with Crippen molar-refractivity contribution in [3.05, 3.63) is 113 Å². The van der Waals surface area contributed by atoms with Crippen LogP contribution in [-0.4, -0.2) is 25.5 Å². The quantitative estimate of drug-likeness (QED) is 0.179. The number of carbonyl (C=O) groups is 1. The molecule has 6 rings (SSSR count). The Morgan fingerprint density at radius 2 is 1.67 bits per heavy atom. The first-order valence-corrected chi connectivity index (χ1v) is 13.6. The van der Waals surface area contributed by atoms with Crippen molar-refractivity contribution in [2.24, 2.45) is 0 Å². The molecule has 4 heterocycles. The SMILES string of the molecule is O=C(Nc1cc(Oc2ccc(F)cc2)cc(Oc2cccnc2)c1)c1nn2c(C(F)(F)F)cc(-c3cccs3)nc2c1Cl. The van der Waals surface area contributed by atoms with Gasteiger partial charge in [0.1, 0.15) is 33.8 Å². The first-order valence-electron chi connectivity index (χ1n) is 12.3. The number of benzene rings is 2. The van der Waals surface area contributed by atoms with E-state index in [1.54, 1.807) is 35.8 Å². The summed E-state index contributed by atoms with van der Waals surface area (Å²) >= 11 is 7.61. The zero-order chi connectivity index (χ0) is 30.1. The summed E-state index contributed by atoms with van der Waals surface area (Å²) in [6, 6.07) is 17.1. The van der Waals surface area contributed by atoms with Crippen LogP contribution in [0.3, 0.4) is 0 Å². The van der Waals surface area contributed by atoms with Gasteiger partial charge in [-0.05, 0) is 53.9 Å². The highest BCUT2D eigenvalue weighted by molar-refractivity contribution is 7.13. The summed E-state index contributed by atoms with van der Waals surface area (Å²) < 4.78 is 67.6. The number of halogens is 5. The molecular formula is C29H16ClF4N5O3S. The first-order chi connectivity index (χ1) is 20.6. The lowest BCUT2D eigenvalue weighted by molar-refractivity contribution is -0.142. The van der Waals surface area contributed by atoms with Crippen LogP contribution < -0.4 is 14.8 Å². The predicted molar refractivity (Wildman–Crippen MR) is 151 cm³/mol. The molecule has 8 nitrogen and oxygen atoms in total. The van der Waals surface area contributed by atoms with Gasteiger partial charge >= 0.3 is 6.18 Å². The zero-order valence-corrected chi connectivity index (χ0v) is 23.0. The third kappa shape index (κ3) is 6.12. The van der Waals surface area contributed by atoms with E-state index < -0.39 is 29.3 Å². The van der Waals surface area contributed by atoms with E-state index in [2.05, 4.69) is 20.4 Å². The van der Waals surface area contributed by atoms with Gasteiger partial charge in [-0.15, -0.1) is 11.3 Å². The van der Waals surface area contributed by atoms with Crippen molar-refractivity contribution in [2.75, 3.05) is 5.32 Å². The van der Waals surface area contributed by atoms with Crippen LogP contribution in [0.15, 0.2) is 90.6 Å². The highest BCUT2D eigenvalue weighted by Crippen LogP contribution is 2.36. The number of nitrogens with one attached hydrogen (secondary N) is 1. The zero-order valence-electron chi connectivity index (χ0n) is 21.5. The Labute approximate surface area is 249 Å². The Morgan fingerprint density at radius 3 is 2.33 bits per heavy atom. The van der Waals surface area contributed by atoms with Crippen LogP contribution in [0.4, 0.5) is 23.2 Å². The van der Waals surface area contributed by atoms with E-state index in [4.69, 9.17) is 21.1 Å². The second-order valence-corrected chi connectivity index (χ2v) is 10.2. The Morgan fingerprint density at radius 1 is 0.930 bits per heavy atom. The largest absolute Gasteiger partial charge is 0.457 e. The van der Waals surface area contributed by atoms with Crippen molar-refractivity contribution < 1.29 is 31.8 Å². The van der Waals surface area contributed by atoms with Gasteiger partial charge in [-0.25, -0.2) is 13.9 Å². The van der Waals surface area contributed by atoms with Crippen LogP contribution in [0.5, 0.6) is 23.0 Å². The molecule has 0 radical (unpaired) electrons. The molecule has 1 N–H and O–H groups in total. The van der Waals surface area contributed by atoms with Gasteiger partial charge in [0.05, 0.1) is 16.8 Å². The van der Waals surface area contributed by atoms with E-state index in [1.807, 2.05) is 0 Å². The lowest BCUT2D eigenvalue weighted by Crippen LogP contribution is -2.16. The predicted octanol–water partition coefficient (Wildman–Crippen LogP) is 8.50. The van der Waals surface area contributed by atoms with Gasteiger partial charge in [-0.2, -0.15) is 18.3 Å². The van der Waals surface area contributed by atoms with Gasteiger partial charge in [0, 0.05) is 30.1 Å². The number of rotatable bonds is 7. The molecule has 6 aromatic rings. The number of thiophene rings is 1. The molecule has 2 aromatic carbocycles. The number of carbonyl (C=O) groups excluding carboxylic acids is 1. The highest BCUT2D eigenvalue weighted by Gasteiger charge is 2.37. The smallest absolute Gasteiger partial charge is 0.433 e. The molecule has 4 aromatic heterocycles. The topological polar surface area (TPSA) is 90.6 Å². The summed E-state index contributed by atoms with van der Waals surface area (Å²) in [7, 11) is 0. The third-order valence-corrected chi connectivity index (χ3v) is 7.11. The third-order valence-electron chi connectivity index (χ3n) is 5.87. The molecule has 0 aliphatic rings. The number of aromatic nitrogens is 4. The molecule has 0 bridgehead atoms. The Bertz CT molecular complexity index is 1930. The van der Waals surface area contributed by atoms with Crippen molar-refractivity contribution in [3.8, 4) is 33.6 Å². The summed E-state index contributed by atoms with van der Waals surface area (Å²) in [5.41, 5.74) is -1.79. The van der Waals surface area contributed by atoms with Crippen LogP contribution in [0.1, 0.15) is 16.2 Å². The van der Waals surface area contributed by atoms with E-state index in [0.29, 0.717) is 20.9 Å². The van der Waals surface area contributed by atoms with E-state index in [9.17, 15) is 22.4 Å². The molecule has 0 aliphatic heterocycles. The normalized spacial score (nSPS) is 11.5. The number of alkyl halides is 3. The summed E-state index contributed by atoms with van der Waals surface area (Å²) in [5, 5.41) is 7.78. The minimum atomic E-state index is -4.82. The van der Waals surface area contributed by atoms with Gasteiger partial charge in [0.15, 0.2) is 17.0 Å². The summed E-state index contributed by atoms with van der Waals surface area (Å²) in [4.78, 5) is 22.1. The fraction of sp³-hybridized carbons (Fsp3) is 0.0345. The van der Waals surface area contributed by atoms with Crippen molar-refractivity contribution in [3.63, 3.8) is 0 Å². The molecule has 0 unspecified atom stereocenters. The molecule has 216 valence electrons. The second-order valence-electron chi connectivity index (χ2n) is 8.89. The van der Waals surface area contributed by atoms with Gasteiger partial charge in [0.2, 0.25) is 0 Å². The van der Waals surface area contributed by atoms with Gasteiger partial charge in [0.25, 0.3) is 5.91 Å². The number of anilines is 1. The lowest BCUT2D eigenvalue weighted by Gasteiger charge is -2.12. The van der Waals surface area contributed by atoms with E-state index >= 15 is 0 Å². The average Bonchev–Trinajstić information content (AvgIpc) is 3.62. The number of amides is 1. The number of hydrogen-bond donors (Lipinski definition) is 1. The number of hydrogen-bond acceptors (Lipinski definition) is 7. The van der Waals surface area contributed by atoms with Crippen molar-refractivity contribution in [1.82, 2.24) is 19.6 Å². The molecule has 0 saturated heterocycles. The monoisotopic (exact) mass is 625 g/mol. The number of nitrogens with zero attached hydrogens (tertiary/aromatic N) is 4. The Balaban J connectivity index is 1.37. The first kappa shape index (κ1) is 28.1. The van der Waals surface area contributed by atoms with Gasteiger partial charge in [-0.1, -0.05) is 17.7 Å². The average molecular weight is 626 g/mol. The van der Waals surface area contributed by atoms with Crippen LogP contribution in [0.2, 0.25) is 5.02 Å².